The summed E-state index contributed by atoms with van der Waals surface area (Å²) in [6.45, 7) is 9.37. The van der Waals surface area contributed by atoms with Crippen molar-refractivity contribution in [1.82, 2.24) is 15.3 Å². The van der Waals surface area contributed by atoms with Crippen LogP contribution in [0.5, 0.6) is 11.6 Å². The molecular formula is C21H29N5OS. The van der Waals surface area contributed by atoms with Gasteiger partial charge in [-0.2, -0.15) is 9.97 Å². The quantitative estimate of drug-likeness (QED) is 0.721. The lowest BCUT2D eigenvalue weighted by molar-refractivity contribution is 0.457. The van der Waals surface area contributed by atoms with E-state index in [-0.39, 0.29) is 5.54 Å². The fraction of sp³-hybridized carbons (Fsp3) is 0.476. The summed E-state index contributed by atoms with van der Waals surface area (Å²) in [4.78, 5) is 11.5. The largest absolute Gasteiger partial charge is 0.439 e. The number of para-hydroxylation sites is 1. The molecule has 1 aromatic heterocycles. The zero-order chi connectivity index (χ0) is 20.1. The first kappa shape index (κ1) is 20.3. The van der Waals surface area contributed by atoms with Gasteiger partial charge in [0.25, 0.3) is 0 Å². The van der Waals surface area contributed by atoms with Crippen LogP contribution in [0.25, 0.3) is 0 Å². The number of anilines is 2. The number of aromatic nitrogens is 2. The van der Waals surface area contributed by atoms with Gasteiger partial charge in [0, 0.05) is 24.2 Å². The highest BCUT2D eigenvalue weighted by molar-refractivity contribution is 7.80. The predicted octanol–water partition coefficient (Wildman–Crippen LogP) is 4.73. The third kappa shape index (κ3) is 5.79. The molecule has 0 radical (unpaired) electrons. The predicted molar refractivity (Wildman–Crippen MR) is 118 cm³/mol. The first-order valence-electron chi connectivity index (χ1n) is 9.78. The zero-order valence-electron chi connectivity index (χ0n) is 17.0. The molecule has 0 spiro atoms. The Kier molecular flexibility index (Phi) is 6.34. The fourth-order valence-electron chi connectivity index (χ4n) is 3.19. The number of nitrogens with zero attached hydrogens (tertiary/aromatic N) is 3. The van der Waals surface area contributed by atoms with E-state index in [2.05, 4.69) is 48.2 Å². The van der Waals surface area contributed by atoms with Gasteiger partial charge in [-0.25, -0.2) is 0 Å². The van der Waals surface area contributed by atoms with Crippen LogP contribution in [-0.4, -0.2) is 33.2 Å². The Balaban J connectivity index is 1.88. The molecular weight excluding hydrogens is 370 g/mol. The van der Waals surface area contributed by atoms with Crippen molar-refractivity contribution in [3.05, 3.63) is 36.4 Å². The van der Waals surface area contributed by atoms with Crippen LogP contribution >= 0.6 is 12.2 Å². The van der Waals surface area contributed by atoms with E-state index in [1.807, 2.05) is 36.4 Å². The van der Waals surface area contributed by atoms with E-state index >= 15 is 0 Å². The molecule has 2 heterocycles. The Morgan fingerprint density at radius 3 is 2.61 bits per heavy atom. The van der Waals surface area contributed by atoms with Crippen LogP contribution in [0.1, 0.15) is 47.0 Å². The minimum atomic E-state index is -0.146. The van der Waals surface area contributed by atoms with E-state index in [0.29, 0.717) is 23.0 Å². The van der Waals surface area contributed by atoms with Gasteiger partial charge in [0.2, 0.25) is 11.8 Å². The summed E-state index contributed by atoms with van der Waals surface area (Å²) in [5, 5.41) is 6.83. The Labute approximate surface area is 172 Å². The molecule has 0 saturated carbocycles. The van der Waals surface area contributed by atoms with Crippen molar-refractivity contribution in [3.8, 4) is 11.6 Å². The van der Waals surface area contributed by atoms with Crippen LogP contribution in [0.3, 0.4) is 0 Å². The molecule has 2 N–H and O–H groups in total. The maximum Gasteiger partial charge on any atom is 0.234 e. The van der Waals surface area contributed by atoms with Crippen LogP contribution in [0.15, 0.2) is 36.4 Å². The summed E-state index contributed by atoms with van der Waals surface area (Å²) in [5.74, 6) is 2.52. The molecule has 0 bridgehead atoms. The van der Waals surface area contributed by atoms with Crippen molar-refractivity contribution in [2.24, 2.45) is 0 Å². The van der Waals surface area contributed by atoms with Crippen molar-refractivity contribution >= 4 is 29.1 Å². The van der Waals surface area contributed by atoms with Gasteiger partial charge >= 0.3 is 0 Å². The molecule has 1 aromatic carbocycles. The lowest BCUT2D eigenvalue weighted by atomic mass is 10.0. The van der Waals surface area contributed by atoms with Crippen LogP contribution in [0.2, 0.25) is 0 Å². The minimum Gasteiger partial charge on any atom is -0.439 e. The SMILES string of the molecule is C[C@@H]1CCCCN1c1cc(Oc2ccccc2)nc(NC(=S)NC(C)(C)C)n1. The van der Waals surface area contributed by atoms with E-state index in [0.717, 1.165) is 31.0 Å². The highest BCUT2D eigenvalue weighted by Gasteiger charge is 2.22. The van der Waals surface area contributed by atoms with Gasteiger partial charge < -0.3 is 20.3 Å². The standard InChI is InChI=1S/C21H29N5OS/c1-15-10-8-9-13-26(15)17-14-18(27-16-11-6-5-7-12-16)23-19(22-17)24-20(28)25-21(2,3)4/h5-7,11-12,14-15H,8-10,13H2,1-4H3,(H2,22,23,24,25,28)/t15-/m1/s1. The molecule has 1 atom stereocenters. The monoisotopic (exact) mass is 399 g/mol. The molecule has 2 aromatic rings. The van der Waals surface area contributed by atoms with Crippen molar-refractivity contribution < 1.29 is 4.74 Å². The molecule has 1 aliphatic heterocycles. The molecule has 1 saturated heterocycles. The molecule has 3 rings (SSSR count). The third-order valence-corrected chi connectivity index (χ3v) is 4.67. The Morgan fingerprint density at radius 2 is 1.93 bits per heavy atom. The lowest BCUT2D eigenvalue weighted by Crippen LogP contribution is -2.43. The van der Waals surface area contributed by atoms with Gasteiger partial charge in [-0.1, -0.05) is 18.2 Å². The second-order valence-corrected chi connectivity index (χ2v) is 8.58. The van der Waals surface area contributed by atoms with Crippen LogP contribution in [0, 0.1) is 0 Å². The molecule has 1 fully saturated rings. The van der Waals surface area contributed by atoms with E-state index in [4.69, 9.17) is 21.9 Å². The number of nitrogens with one attached hydrogen (secondary N) is 2. The van der Waals surface area contributed by atoms with Gasteiger partial charge in [-0.15, -0.1) is 0 Å². The second-order valence-electron chi connectivity index (χ2n) is 8.17. The number of piperidine rings is 1. The molecule has 1 aliphatic rings. The number of thiocarbonyl (C=S) groups is 1. The van der Waals surface area contributed by atoms with Crippen LogP contribution in [0.4, 0.5) is 11.8 Å². The number of benzene rings is 1. The summed E-state index contributed by atoms with van der Waals surface area (Å²) in [5.41, 5.74) is -0.146. The van der Waals surface area contributed by atoms with Crippen LogP contribution < -0.4 is 20.3 Å². The van der Waals surface area contributed by atoms with Crippen molar-refractivity contribution in [2.75, 3.05) is 16.8 Å². The Hall–Kier alpha value is -2.41. The maximum absolute atomic E-state index is 5.99. The number of rotatable bonds is 4. The fourth-order valence-corrected chi connectivity index (χ4v) is 3.59. The highest BCUT2D eigenvalue weighted by atomic mass is 32.1. The highest BCUT2D eigenvalue weighted by Crippen LogP contribution is 2.28. The van der Waals surface area contributed by atoms with Crippen LogP contribution in [-0.2, 0) is 0 Å². The average Bonchev–Trinajstić information content (AvgIpc) is 2.61. The summed E-state index contributed by atoms with van der Waals surface area (Å²) in [7, 11) is 0. The third-order valence-electron chi connectivity index (χ3n) is 4.47. The van der Waals surface area contributed by atoms with E-state index in [1.165, 1.54) is 6.42 Å². The lowest BCUT2D eigenvalue weighted by Gasteiger charge is -2.34. The number of hydrogen-bond donors (Lipinski definition) is 2. The molecule has 7 heteroatoms. The molecule has 0 unspecified atom stereocenters. The molecule has 0 aliphatic carbocycles. The smallest absolute Gasteiger partial charge is 0.234 e. The van der Waals surface area contributed by atoms with Crippen molar-refractivity contribution in [2.45, 2.75) is 58.5 Å². The van der Waals surface area contributed by atoms with Crippen molar-refractivity contribution in [3.63, 3.8) is 0 Å². The van der Waals surface area contributed by atoms with Crippen molar-refractivity contribution in [1.29, 1.82) is 0 Å². The normalized spacial score (nSPS) is 17.1. The minimum absolute atomic E-state index is 0.146. The van der Waals surface area contributed by atoms with Gasteiger partial charge in [0.1, 0.15) is 11.6 Å². The first-order chi connectivity index (χ1) is 13.3. The topological polar surface area (TPSA) is 62.3 Å². The molecule has 6 nitrogen and oxygen atoms in total. The molecule has 150 valence electrons. The van der Waals surface area contributed by atoms with Gasteiger partial charge in [-0.3, -0.25) is 0 Å². The number of ether oxygens (including phenoxy) is 1. The molecule has 28 heavy (non-hydrogen) atoms. The summed E-state index contributed by atoms with van der Waals surface area (Å²) >= 11 is 5.42. The average molecular weight is 400 g/mol. The Bertz CT molecular complexity index is 806. The van der Waals surface area contributed by atoms with E-state index < -0.39 is 0 Å². The number of hydrogen-bond acceptors (Lipinski definition) is 5. The van der Waals surface area contributed by atoms with Gasteiger partial charge in [0.05, 0.1) is 0 Å². The summed E-state index contributed by atoms with van der Waals surface area (Å²) in [6.07, 6.45) is 3.57. The first-order valence-corrected chi connectivity index (χ1v) is 10.2. The van der Waals surface area contributed by atoms with Gasteiger partial charge in [-0.05, 0) is 71.3 Å². The van der Waals surface area contributed by atoms with E-state index in [1.54, 1.807) is 0 Å². The van der Waals surface area contributed by atoms with Gasteiger partial charge in [0.15, 0.2) is 5.11 Å². The van der Waals surface area contributed by atoms with E-state index in [9.17, 15) is 0 Å². The summed E-state index contributed by atoms with van der Waals surface area (Å²) in [6, 6.07) is 12.0. The second kappa shape index (κ2) is 8.73. The Morgan fingerprint density at radius 1 is 1.18 bits per heavy atom. The zero-order valence-corrected chi connectivity index (χ0v) is 17.8. The molecule has 0 amide bonds. The summed E-state index contributed by atoms with van der Waals surface area (Å²) < 4.78 is 5.99. The maximum atomic E-state index is 5.99.